The average Bonchev–Trinajstić information content (AvgIpc) is 3.14. The number of nitrogens with one attached hydrogen (secondary N) is 1. The zero-order valence-electron chi connectivity index (χ0n) is 17.7. The van der Waals surface area contributed by atoms with Crippen molar-refractivity contribution in [1.29, 1.82) is 0 Å². The Morgan fingerprint density at radius 2 is 1.79 bits per heavy atom. The second-order valence-corrected chi connectivity index (χ2v) is 10.4. The Bertz CT molecular complexity index is 1210. The molecule has 168 valence electrons. The van der Waals surface area contributed by atoms with Gasteiger partial charge in [0.15, 0.2) is 16.7 Å². The van der Waals surface area contributed by atoms with Gasteiger partial charge >= 0.3 is 0 Å². The quantitative estimate of drug-likeness (QED) is 0.221. The van der Waals surface area contributed by atoms with Crippen molar-refractivity contribution in [3.63, 3.8) is 0 Å². The molecule has 1 aliphatic heterocycles. The molecular formula is C25H20I2N2O3S. The number of hydrogen-bond donors (Lipinski definition) is 1. The first-order chi connectivity index (χ1) is 16.0. The Balaban J connectivity index is 1.55. The van der Waals surface area contributed by atoms with E-state index in [0.29, 0.717) is 34.8 Å². The second kappa shape index (κ2) is 11.4. The van der Waals surface area contributed by atoms with Crippen molar-refractivity contribution in [3.8, 4) is 11.5 Å². The van der Waals surface area contributed by atoms with E-state index in [9.17, 15) is 4.79 Å². The van der Waals surface area contributed by atoms with Gasteiger partial charge in [-0.05, 0) is 117 Å². The fourth-order valence-corrected chi connectivity index (χ4v) is 5.05. The molecule has 1 aliphatic rings. The fourth-order valence-electron chi connectivity index (χ4n) is 3.07. The predicted octanol–water partition coefficient (Wildman–Crippen LogP) is 6.77. The first-order valence-corrected chi connectivity index (χ1v) is 13.2. The van der Waals surface area contributed by atoms with Gasteiger partial charge < -0.3 is 14.8 Å². The molecule has 3 aromatic rings. The molecule has 8 heteroatoms. The normalized spacial score (nSPS) is 15.7. The zero-order chi connectivity index (χ0) is 23.2. The third-order valence-electron chi connectivity index (χ3n) is 4.56. The third-order valence-corrected chi connectivity index (χ3v) is 6.99. The summed E-state index contributed by atoms with van der Waals surface area (Å²) in [5, 5.41) is 3.40. The number of ether oxygens (including phenoxy) is 2. The van der Waals surface area contributed by atoms with Crippen LogP contribution in [0.3, 0.4) is 0 Å². The second-order valence-electron chi connectivity index (χ2n) is 7.00. The lowest BCUT2D eigenvalue weighted by Crippen LogP contribution is -2.19. The van der Waals surface area contributed by atoms with Crippen LogP contribution in [0.15, 0.2) is 76.6 Å². The number of halogens is 2. The van der Waals surface area contributed by atoms with Crippen molar-refractivity contribution < 1.29 is 14.3 Å². The third kappa shape index (κ3) is 6.51. The molecule has 1 amide bonds. The fraction of sp³-hybridized carbons (Fsp3) is 0.120. The van der Waals surface area contributed by atoms with E-state index in [2.05, 4.69) is 55.5 Å². The molecule has 1 fully saturated rings. The van der Waals surface area contributed by atoms with Gasteiger partial charge in [-0.3, -0.25) is 4.79 Å². The number of rotatable bonds is 7. The van der Waals surface area contributed by atoms with Crippen LogP contribution in [0.5, 0.6) is 11.5 Å². The van der Waals surface area contributed by atoms with E-state index in [1.807, 2.05) is 79.7 Å². The van der Waals surface area contributed by atoms with Crippen LogP contribution in [0.1, 0.15) is 18.1 Å². The molecule has 0 aromatic heterocycles. The summed E-state index contributed by atoms with van der Waals surface area (Å²) in [4.78, 5) is 17.6. The molecule has 0 aliphatic carbocycles. The van der Waals surface area contributed by atoms with Gasteiger partial charge in [0, 0.05) is 3.57 Å². The first-order valence-electron chi connectivity index (χ1n) is 10.2. The number of hydrogen-bond acceptors (Lipinski definition) is 5. The van der Waals surface area contributed by atoms with E-state index in [-0.39, 0.29) is 5.91 Å². The average molecular weight is 682 g/mol. The van der Waals surface area contributed by atoms with E-state index in [0.717, 1.165) is 24.0 Å². The molecule has 0 unspecified atom stereocenters. The van der Waals surface area contributed by atoms with Gasteiger partial charge in [-0.15, -0.1) is 0 Å². The minimum atomic E-state index is -0.165. The number of nitrogens with zero attached hydrogens (tertiary/aromatic N) is 1. The highest BCUT2D eigenvalue weighted by Crippen LogP contribution is 2.37. The molecule has 0 saturated carbocycles. The number of aliphatic imine (C=N–C) groups is 1. The number of thioether (sulfide) groups is 1. The molecule has 0 atom stereocenters. The van der Waals surface area contributed by atoms with Gasteiger partial charge in [0.25, 0.3) is 5.91 Å². The maximum Gasteiger partial charge on any atom is 0.264 e. The summed E-state index contributed by atoms with van der Waals surface area (Å²) < 4.78 is 14.0. The smallest absolute Gasteiger partial charge is 0.264 e. The number of carbonyl (C=O) groups excluding carboxylic acids is 1. The first kappa shape index (κ1) is 24.1. The molecule has 1 saturated heterocycles. The Labute approximate surface area is 224 Å². The molecule has 33 heavy (non-hydrogen) atoms. The summed E-state index contributed by atoms with van der Waals surface area (Å²) in [6.07, 6.45) is 1.85. The molecular weight excluding hydrogens is 662 g/mol. The van der Waals surface area contributed by atoms with Crippen LogP contribution in [-0.4, -0.2) is 17.7 Å². The van der Waals surface area contributed by atoms with Gasteiger partial charge in [-0.1, -0.05) is 30.3 Å². The Morgan fingerprint density at radius 1 is 1.03 bits per heavy atom. The summed E-state index contributed by atoms with van der Waals surface area (Å²) in [7, 11) is 0. The molecule has 0 spiro atoms. The molecule has 1 heterocycles. The van der Waals surface area contributed by atoms with Crippen LogP contribution in [-0.2, 0) is 11.4 Å². The predicted molar refractivity (Wildman–Crippen MR) is 151 cm³/mol. The van der Waals surface area contributed by atoms with Gasteiger partial charge in [0.1, 0.15) is 6.61 Å². The van der Waals surface area contributed by atoms with E-state index < -0.39 is 0 Å². The van der Waals surface area contributed by atoms with Gasteiger partial charge in [0.2, 0.25) is 0 Å². The number of benzene rings is 3. The van der Waals surface area contributed by atoms with Gasteiger partial charge in [-0.25, -0.2) is 4.99 Å². The van der Waals surface area contributed by atoms with E-state index in [1.54, 1.807) is 0 Å². The van der Waals surface area contributed by atoms with Crippen molar-refractivity contribution >= 4 is 79.8 Å². The van der Waals surface area contributed by atoms with Crippen LogP contribution in [0.2, 0.25) is 0 Å². The summed E-state index contributed by atoms with van der Waals surface area (Å²) in [6.45, 7) is 2.90. The van der Waals surface area contributed by atoms with Crippen LogP contribution in [0.25, 0.3) is 6.08 Å². The summed E-state index contributed by atoms with van der Waals surface area (Å²) in [6, 6.07) is 21.7. The topological polar surface area (TPSA) is 59.9 Å². The summed E-state index contributed by atoms with van der Waals surface area (Å²) in [5.41, 5.74) is 2.75. The lowest BCUT2D eigenvalue weighted by Gasteiger charge is -2.15. The molecule has 5 nitrogen and oxygen atoms in total. The maximum atomic E-state index is 12.5. The lowest BCUT2D eigenvalue weighted by molar-refractivity contribution is -0.115. The maximum absolute atomic E-state index is 12.5. The standard InChI is InChI=1S/C25H20I2N2O3S/c1-2-31-21-13-17(12-20(27)23(21)32-15-16-6-4-3-5-7-16)14-22-24(30)29-25(33-22)28-19-10-8-18(26)9-11-19/h3-14H,2,15H2,1H3,(H,28,29,30)/b22-14+. The van der Waals surface area contributed by atoms with Crippen LogP contribution in [0, 0.1) is 7.14 Å². The van der Waals surface area contributed by atoms with Gasteiger partial charge in [-0.2, -0.15) is 0 Å². The largest absolute Gasteiger partial charge is 0.490 e. The van der Waals surface area contributed by atoms with E-state index >= 15 is 0 Å². The zero-order valence-corrected chi connectivity index (χ0v) is 22.8. The molecule has 4 rings (SSSR count). The lowest BCUT2D eigenvalue weighted by atomic mass is 10.2. The Kier molecular flexibility index (Phi) is 8.31. The van der Waals surface area contributed by atoms with Gasteiger partial charge in [0.05, 0.1) is 20.8 Å². The minimum Gasteiger partial charge on any atom is -0.490 e. The van der Waals surface area contributed by atoms with Crippen LogP contribution < -0.4 is 14.8 Å². The van der Waals surface area contributed by atoms with Crippen molar-refractivity contribution in [2.24, 2.45) is 4.99 Å². The highest BCUT2D eigenvalue weighted by molar-refractivity contribution is 14.1. The van der Waals surface area contributed by atoms with Crippen molar-refractivity contribution in [2.45, 2.75) is 13.5 Å². The Hall–Kier alpha value is -2.05. The number of amidine groups is 1. The van der Waals surface area contributed by atoms with E-state index in [4.69, 9.17) is 9.47 Å². The highest BCUT2D eigenvalue weighted by atomic mass is 127. The molecule has 3 aromatic carbocycles. The monoisotopic (exact) mass is 682 g/mol. The molecule has 0 bridgehead atoms. The number of carbonyl (C=O) groups is 1. The SMILES string of the molecule is CCOc1cc(/C=C2/SC(=Nc3ccc(I)cc3)NC2=O)cc(I)c1OCc1ccccc1. The van der Waals surface area contributed by atoms with Crippen LogP contribution >= 0.6 is 56.9 Å². The Morgan fingerprint density at radius 3 is 2.52 bits per heavy atom. The summed E-state index contributed by atoms with van der Waals surface area (Å²) >= 11 is 5.81. The van der Waals surface area contributed by atoms with Crippen molar-refractivity contribution in [3.05, 3.63) is 89.9 Å². The van der Waals surface area contributed by atoms with Crippen molar-refractivity contribution in [1.82, 2.24) is 5.32 Å². The van der Waals surface area contributed by atoms with E-state index in [1.165, 1.54) is 11.8 Å². The number of amides is 1. The van der Waals surface area contributed by atoms with Crippen molar-refractivity contribution in [2.75, 3.05) is 6.61 Å². The minimum absolute atomic E-state index is 0.165. The molecule has 1 N–H and O–H groups in total. The highest BCUT2D eigenvalue weighted by Gasteiger charge is 2.24. The molecule has 0 radical (unpaired) electrons. The summed E-state index contributed by atoms with van der Waals surface area (Å²) in [5.74, 6) is 1.19. The van der Waals surface area contributed by atoms with Crippen LogP contribution in [0.4, 0.5) is 5.69 Å².